The number of ether oxygens (including phenoxy) is 3. The highest BCUT2D eigenvalue weighted by atomic mass is 32.1. The lowest BCUT2D eigenvalue weighted by Gasteiger charge is -2.05. The summed E-state index contributed by atoms with van der Waals surface area (Å²) in [5, 5.41) is 3.42. The topological polar surface area (TPSA) is 69.7 Å². The number of hydrogen-bond acceptors (Lipinski definition) is 6. The zero-order chi connectivity index (χ0) is 18.5. The molecule has 0 atom stereocenters. The van der Waals surface area contributed by atoms with Crippen LogP contribution >= 0.6 is 11.3 Å². The van der Waals surface area contributed by atoms with E-state index >= 15 is 0 Å². The van der Waals surface area contributed by atoms with Gasteiger partial charge in [-0.05, 0) is 24.1 Å². The van der Waals surface area contributed by atoms with Gasteiger partial charge in [-0.25, -0.2) is 4.98 Å². The van der Waals surface area contributed by atoms with Gasteiger partial charge in [0, 0.05) is 18.6 Å². The summed E-state index contributed by atoms with van der Waals surface area (Å²) in [5.74, 6) is 1.96. The quantitative estimate of drug-likeness (QED) is 0.681. The first-order valence-corrected chi connectivity index (χ1v) is 8.90. The number of nitrogens with one attached hydrogen (secondary N) is 1. The molecule has 3 aromatic rings. The molecule has 26 heavy (non-hydrogen) atoms. The molecule has 1 amide bonds. The summed E-state index contributed by atoms with van der Waals surface area (Å²) < 4.78 is 16.7. The summed E-state index contributed by atoms with van der Waals surface area (Å²) in [7, 11) is 4.80. The van der Waals surface area contributed by atoms with E-state index in [0.717, 1.165) is 21.5 Å². The number of methoxy groups -OCH3 is 3. The number of nitrogens with zero attached hydrogens (tertiary/aromatic N) is 1. The average Bonchev–Trinajstić information content (AvgIpc) is 3.06. The molecule has 0 bridgehead atoms. The van der Waals surface area contributed by atoms with Crippen LogP contribution in [0.4, 0.5) is 5.13 Å². The fraction of sp³-hybridized carbons (Fsp3) is 0.263. The molecule has 0 aliphatic heterocycles. The van der Waals surface area contributed by atoms with E-state index in [1.54, 1.807) is 27.4 Å². The summed E-state index contributed by atoms with van der Waals surface area (Å²) >= 11 is 1.40. The summed E-state index contributed by atoms with van der Waals surface area (Å²) in [6.45, 7) is 0. The first-order valence-electron chi connectivity index (χ1n) is 8.08. The van der Waals surface area contributed by atoms with E-state index in [4.69, 9.17) is 14.2 Å². The van der Waals surface area contributed by atoms with Crippen molar-refractivity contribution in [3.63, 3.8) is 0 Å². The first kappa shape index (κ1) is 18.0. The molecule has 0 aliphatic carbocycles. The van der Waals surface area contributed by atoms with E-state index in [1.165, 1.54) is 11.3 Å². The van der Waals surface area contributed by atoms with Crippen molar-refractivity contribution < 1.29 is 19.0 Å². The summed E-state index contributed by atoms with van der Waals surface area (Å²) in [5.41, 5.74) is 1.81. The number of carbonyl (C=O) groups is 1. The zero-order valence-corrected chi connectivity index (χ0v) is 15.7. The molecule has 0 radical (unpaired) electrons. The van der Waals surface area contributed by atoms with Crippen molar-refractivity contribution in [3.05, 3.63) is 42.0 Å². The molecule has 0 aliphatic rings. The van der Waals surface area contributed by atoms with Crippen LogP contribution in [0.15, 0.2) is 36.4 Å². The normalized spacial score (nSPS) is 10.6. The Balaban J connectivity index is 1.67. The van der Waals surface area contributed by atoms with Crippen molar-refractivity contribution in [2.24, 2.45) is 0 Å². The number of rotatable bonds is 7. The molecule has 0 fully saturated rings. The number of hydrogen-bond donors (Lipinski definition) is 1. The summed E-state index contributed by atoms with van der Waals surface area (Å²) in [6, 6.07) is 11.4. The summed E-state index contributed by atoms with van der Waals surface area (Å²) in [6.07, 6.45) is 1.01. The van der Waals surface area contributed by atoms with Crippen LogP contribution in [0, 0.1) is 0 Å². The van der Waals surface area contributed by atoms with Gasteiger partial charge in [0.05, 0.1) is 31.5 Å². The van der Waals surface area contributed by atoms with Crippen molar-refractivity contribution in [3.8, 4) is 17.2 Å². The van der Waals surface area contributed by atoms with Gasteiger partial charge in [-0.1, -0.05) is 23.5 Å². The standard InChI is InChI=1S/C19H20N2O4S/c1-23-13-6-4-5-12(9-13)7-8-18(22)21-19-20-14-10-15(24-2)16(25-3)11-17(14)26-19/h4-6,9-11H,7-8H2,1-3H3,(H,20,21,22). The Hall–Kier alpha value is -2.80. The van der Waals surface area contributed by atoms with Crippen molar-refractivity contribution in [1.29, 1.82) is 0 Å². The second-order valence-corrected chi connectivity index (χ2v) is 6.62. The number of carbonyl (C=O) groups excluding carboxylic acids is 1. The number of amides is 1. The molecule has 1 heterocycles. The SMILES string of the molecule is COc1cccc(CCC(=O)Nc2nc3cc(OC)c(OC)cc3s2)c1. The maximum atomic E-state index is 12.2. The fourth-order valence-electron chi connectivity index (χ4n) is 2.58. The molecular weight excluding hydrogens is 352 g/mol. The Morgan fingerprint density at radius 2 is 1.85 bits per heavy atom. The Bertz CT molecular complexity index is 882. The third-order valence-corrected chi connectivity index (χ3v) is 4.85. The minimum absolute atomic E-state index is 0.0780. The number of anilines is 1. The fourth-order valence-corrected chi connectivity index (χ4v) is 3.47. The van der Waals surface area contributed by atoms with Crippen molar-refractivity contribution in [2.75, 3.05) is 26.6 Å². The second kappa shape index (κ2) is 8.05. The Labute approximate surface area is 155 Å². The van der Waals surface area contributed by atoms with Crippen LogP contribution in [0.25, 0.3) is 10.2 Å². The van der Waals surface area contributed by atoms with Gasteiger partial charge in [0.1, 0.15) is 5.75 Å². The van der Waals surface area contributed by atoms with Crippen molar-refractivity contribution in [2.45, 2.75) is 12.8 Å². The van der Waals surface area contributed by atoms with Crippen molar-refractivity contribution >= 4 is 32.6 Å². The molecule has 136 valence electrons. The van der Waals surface area contributed by atoms with E-state index in [2.05, 4.69) is 10.3 Å². The first-order chi connectivity index (χ1) is 12.6. The molecule has 1 N–H and O–H groups in total. The van der Waals surface area contributed by atoms with E-state index in [-0.39, 0.29) is 5.91 Å². The molecule has 6 nitrogen and oxygen atoms in total. The van der Waals surface area contributed by atoms with Crippen LogP contribution < -0.4 is 19.5 Å². The Morgan fingerprint density at radius 3 is 2.58 bits per heavy atom. The molecule has 0 saturated heterocycles. The van der Waals surface area contributed by atoms with Crippen molar-refractivity contribution in [1.82, 2.24) is 4.98 Å². The molecule has 7 heteroatoms. The lowest BCUT2D eigenvalue weighted by Crippen LogP contribution is -2.12. The lowest BCUT2D eigenvalue weighted by molar-refractivity contribution is -0.116. The number of aryl methyl sites for hydroxylation is 1. The lowest BCUT2D eigenvalue weighted by atomic mass is 10.1. The largest absolute Gasteiger partial charge is 0.497 e. The molecule has 0 unspecified atom stereocenters. The van der Waals surface area contributed by atoms with Crippen LogP contribution in [0.1, 0.15) is 12.0 Å². The van der Waals surface area contributed by atoms with Crippen LogP contribution in [0.5, 0.6) is 17.2 Å². The van der Waals surface area contributed by atoms with Crippen LogP contribution in [0.2, 0.25) is 0 Å². The highest BCUT2D eigenvalue weighted by Crippen LogP contribution is 2.36. The monoisotopic (exact) mass is 372 g/mol. The average molecular weight is 372 g/mol. The van der Waals surface area contributed by atoms with Gasteiger partial charge >= 0.3 is 0 Å². The van der Waals surface area contributed by atoms with E-state index in [1.807, 2.05) is 30.3 Å². The molecule has 1 aromatic heterocycles. The Morgan fingerprint density at radius 1 is 1.08 bits per heavy atom. The van der Waals surface area contributed by atoms with Gasteiger partial charge in [-0.2, -0.15) is 0 Å². The highest BCUT2D eigenvalue weighted by Gasteiger charge is 2.12. The predicted molar refractivity (Wildman–Crippen MR) is 103 cm³/mol. The molecule has 3 rings (SSSR count). The van der Waals surface area contributed by atoms with E-state index in [9.17, 15) is 4.79 Å². The number of benzene rings is 2. The smallest absolute Gasteiger partial charge is 0.226 e. The summed E-state index contributed by atoms with van der Waals surface area (Å²) in [4.78, 5) is 16.7. The van der Waals surface area contributed by atoms with Crippen LogP contribution in [0.3, 0.4) is 0 Å². The number of fused-ring (bicyclic) bond motifs is 1. The van der Waals surface area contributed by atoms with Crippen LogP contribution in [-0.2, 0) is 11.2 Å². The third kappa shape index (κ3) is 4.05. The van der Waals surface area contributed by atoms with Gasteiger partial charge in [-0.3, -0.25) is 4.79 Å². The molecule has 0 spiro atoms. The molecular formula is C19H20N2O4S. The number of aromatic nitrogens is 1. The molecule has 2 aromatic carbocycles. The minimum Gasteiger partial charge on any atom is -0.497 e. The predicted octanol–water partition coefficient (Wildman–Crippen LogP) is 3.89. The van der Waals surface area contributed by atoms with Gasteiger partial charge in [0.25, 0.3) is 0 Å². The maximum Gasteiger partial charge on any atom is 0.226 e. The number of thiazole rings is 1. The van der Waals surface area contributed by atoms with E-state index < -0.39 is 0 Å². The maximum absolute atomic E-state index is 12.2. The van der Waals surface area contributed by atoms with Gasteiger partial charge < -0.3 is 19.5 Å². The highest BCUT2D eigenvalue weighted by molar-refractivity contribution is 7.22. The third-order valence-electron chi connectivity index (χ3n) is 3.91. The Kier molecular flexibility index (Phi) is 5.58. The van der Waals surface area contributed by atoms with Gasteiger partial charge in [0.15, 0.2) is 16.6 Å². The zero-order valence-electron chi connectivity index (χ0n) is 14.9. The van der Waals surface area contributed by atoms with Crippen LogP contribution in [-0.4, -0.2) is 32.2 Å². The molecule has 0 saturated carbocycles. The van der Waals surface area contributed by atoms with Gasteiger partial charge in [0.2, 0.25) is 5.91 Å². The van der Waals surface area contributed by atoms with E-state index in [0.29, 0.717) is 29.5 Å². The van der Waals surface area contributed by atoms with Gasteiger partial charge in [-0.15, -0.1) is 0 Å². The second-order valence-electron chi connectivity index (χ2n) is 5.59. The minimum atomic E-state index is -0.0780.